The first-order chi connectivity index (χ1) is 20.7. The number of hydrogen-bond acceptors (Lipinski definition) is 5. The van der Waals surface area contributed by atoms with Gasteiger partial charge in [-0.3, -0.25) is 9.59 Å². The largest absolute Gasteiger partial charge is 0.380 e. The number of nitrogens with zero attached hydrogens (tertiary/aromatic N) is 3. The van der Waals surface area contributed by atoms with Crippen LogP contribution < -0.4 is 15.5 Å². The lowest BCUT2D eigenvalue weighted by molar-refractivity contribution is -0.128. The Morgan fingerprint density at radius 3 is 2.48 bits per heavy atom. The lowest BCUT2D eigenvalue weighted by atomic mass is 9.87. The number of hydrogen-bond donors (Lipinski definition) is 2. The lowest BCUT2D eigenvalue weighted by Gasteiger charge is -2.28. The van der Waals surface area contributed by atoms with Crippen LogP contribution in [0.1, 0.15) is 87.6 Å². The van der Waals surface area contributed by atoms with Crippen LogP contribution in [0, 0.1) is 11.3 Å². The highest BCUT2D eigenvalue weighted by Crippen LogP contribution is 2.33. The van der Waals surface area contributed by atoms with E-state index in [1.54, 1.807) is 7.11 Å². The van der Waals surface area contributed by atoms with Crippen molar-refractivity contribution in [3.05, 3.63) is 56.8 Å². The zero-order chi connectivity index (χ0) is 32.3. The molecular formula is C34H47Cl2N5O3. The van der Waals surface area contributed by atoms with Gasteiger partial charge in [-0.05, 0) is 67.9 Å². The SMILES string of the molecule is COC(C)CN(C)c1cc2c(cc1C(=O)NC1CCC(C)CC1)nc(Cc1c(Cl)ccc(CNC(=O)C(C)(C)C)c1Cl)n2C. The predicted molar refractivity (Wildman–Crippen MR) is 180 cm³/mol. The fourth-order valence-electron chi connectivity index (χ4n) is 5.70. The number of likely N-dealkylation sites (N-methyl/N-ethyl adjacent to an activating group) is 1. The highest BCUT2D eigenvalue weighted by Gasteiger charge is 2.25. The minimum Gasteiger partial charge on any atom is -0.380 e. The van der Waals surface area contributed by atoms with Crippen LogP contribution in [0.3, 0.4) is 0 Å². The molecule has 0 saturated heterocycles. The number of benzene rings is 2. The third-order valence-electron chi connectivity index (χ3n) is 8.75. The number of aromatic nitrogens is 2. The van der Waals surface area contributed by atoms with Crippen LogP contribution >= 0.6 is 23.2 Å². The van der Waals surface area contributed by atoms with E-state index < -0.39 is 5.41 Å². The number of nitrogens with one attached hydrogen (secondary N) is 2. The van der Waals surface area contributed by atoms with Crippen LogP contribution in [-0.2, 0) is 29.5 Å². The van der Waals surface area contributed by atoms with E-state index in [1.807, 2.05) is 70.6 Å². The average Bonchev–Trinajstić information content (AvgIpc) is 3.28. The molecule has 1 fully saturated rings. The van der Waals surface area contributed by atoms with Gasteiger partial charge in [0.15, 0.2) is 0 Å². The van der Waals surface area contributed by atoms with Crippen molar-refractivity contribution in [2.75, 3.05) is 25.6 Å². The Morgan fingerprint density at radius 1 is 1.16 bits per heavy atom. The number of anilines is 1. The van der Waals surface area contributed by atoms with Gasteiger partial charge in [0.05, 0.1) is 33.4 Å². The number of methoxy groups -OCH3 is 1. The summed E-state index contributed by atoms with van der Waals surface area (Å²) in [6, 6.07) is 7.75. The van der Waals surface area contributed by atoms with Crippen molar-refractivity contribution < 1.29 is 14.3 Å². The Morgan fingerprint density at radius 2 is 1.84 bits per heavy atom. The molecule has 0 spiro atoms. The molecule has 1 heterocycles. The molecule has 2 aromatic carbocycles. The van der Waals surface area contributed by atoms with Crippen molar-refractivity contribution in [2.45, 2.75) is 85.4 Å². The molecule has 1 atom stereocenters. The maximum atomic E-state index is 13.7. The summed E-state index contributed by atoms with van der Waals surface area (Å²) in [7, 11) is 5.64. The van der Waals surface area contributed by atoms with Crippen LogP contribution in [0.5, 0.6) is 0 Å². The van der Waals surface area contributed by atoms with Crippen molar-refractivity contribution in [1.29, 1.82) is 0 Å². The summed E-state index contributed by atoms with van der Waals surface area (Å²) >= 11 is 13.5. The summed E-state index contributed by atoms with van der Waals surface area (Å²) < 4.78 is 7.55. The molecule has 0 bridgehead atoms. The van der Waals surface area contributed by atoms with Gasteiger partial charge in [-0.1, -0.05) is 57.0 Å². The molecule has 1 aromatic heterocycles. The Balaban J connectivity index is 1.68. The van der Waals surface area contributed by atoms with E-state index in [-0.39, 0.29) is 24.0 Å². The third kappa shape index (κ3) is 7.88. The number of amides is 2. The molecule has 0 aliphatic heterocycles. The van der Waals surface area contributed by atoms with E-state index >= 15 is 0 Å². The molecular weight excluding hydrogens is 597 g/mol. The van der Waals surface area contributed by atoms with E-state index in [2.05, 4.69) is 22.5 Å². The van der Waals surface area contributed by atoms with Crippen LogP contribution in [-0.4, -0.2) is 54.2 Å². The van der Waals surface area contributed by atoms with Gasteiger partial charge in [-0.2, -0.15) is 0 Å². The minimum atomic E-state index is -0.506. The van der Waals surface area contributed by atoms with Gasteiger partial charge in [-0.15, -0.1) is 0 Å². The molecule has 10 heteroatoms. The first-order valence-electron chi connectivity index (χ1n) is 15.5. The average molecular weight is 645 g/mol. The van der Waals surface area contributed by atoms with Crippen molar-refractivity contribution in [3.8, 4) is 0 Å². The summed E-state index contributed by atoms with van der Waals surface area (Å²) in [5.74, 6) is 1.33. The maximum Gasteiger partial charge on any atom is 0.253 e. The minimum absolute atomic E-state index is 0.0155. The Bertz CT molecular complexity index is 1510. The van der Waals surface area contributed by atoms with Crippen molar-refractivity contribution >= 4 is 51.7 Å². The normalized spacial score (nSPS) is 17.9. The number of imidazole rings is 1. The van der Waals surface area contributed by atoms with E-state index in [0.29, 0.717) is 41.0 Å². The predicted octanol–water partition coefficient (Wildman–Crippen LogP) is 6.91. The number of aryl methyl sites for hydroxylation is 1. The summed E-state index contributed by atoms with van der Waals surface area (Å²) in [5, 5.41) is 7.31. The highest BCUT2D eigenvalue weighted by atomic mass is 35.5. The van der Waals surface area contributed by atoms with Gasteiger partial charge in [0.1, 0.15) is 5.82 Å². The van der Waals surface area contributed by atoms with E-state index in [4.69, 9.17) is 32.9 Å². The van der Waals surface area contributed by atoms with Gasteiger partial charge in [0.25, 0.3) is 5.91 Å². The molecule has 240 valence electrons. The second kappa shape index (κ2) is 14.1. The Hall–Kier alpha value is -2.81. The van der Waals surface area contributed by atoms with Gasteiger partial charge < -0.3 is 24.8 Å². The lowest BCUT2D eigenvalue weighted by Crippen LogP contribution is -2.38. The molecule has 1 aliphatic carbocycles. The third-order valence-corrected chi connectivity index (χ3v) is 9.58. The molecule has 44 heavy (non-hydrogen) atoms. The van der Waals surface area contributed by atoms with Crippen LogP contribution in [0.15, 0.2) is 24.3 Å². The smallest absolute Gasteiger partial charge is 0.253 e. The molecule has 1 saturated carbocycles. The summed E-state index contributed by atoms with van der Waals surface area (Å²) in [6.07, 6.45) is 4.61. The van der Waals surface area contributed by atoms with Gasteiger partial charge in [0.2, 0.25) is 5.91 Å². The van der Waals surface area contributed by atoms with Gasteiger partial charge in [0, 0.05) is 57.2 Å². The second-order valence-electron chi connectivity index (χ2n) is 13.4. The molecule has 2 amide bonds. The fraction of sp³-hybridized carbons (Fsp3) is 0.559. The molecule has 1 unspecified atom stereocenters. The highest BCUT2D eigenvalue weighted by molar-refractivity contribution is 6.36. The topological polar surface area (TPSA) is 88.5 Å². The molecule has 1 aliphatic rings. The number of carbonyl (C=O) groups is 2. The summed E-state index contributed by atoms with van der Waals surface area (Å²) in [6.45, 7) is 10.8. The maximum absolute atomic E-state index is 13.7. The van der Waals surface area contributed by atoms with E-state index in [9.17, 15) is 9.59 Å². The molecule has 3 aromatic rings. The summed E-state index contributed by atoms with van der Waals surface area (Å²) in [5.41, 5.74) is 4.07. The van der Waals surface area contributed by atoms with Crippen LogP contribution in [0.2, 0.25) is 10.0 Å². The van der Waals surface area contributed by atoms with E-state index in [1.165, 1.54) is 0 Å². The standard InChI is InChI=1S/C34H47Cl2N5O3/c1-20-9-12-23(13-10-20)38-32(42)25-15-27-29(17-28(25)40(6)19-21(2)44-8)41(7)30(39-27)16-24-26(35)14-11-22(31(24)36)18-37-33(43)34(3,4)5/h11,14-15,17,20-21,23H,9-10,12-13,16,18-19H2,1-8H3,(H,37,43)(H,38,42). The molecule has 0 radical (unpaired) electrons. The van der Waals surface area contributed by atoms with Gasteiger partial charge >= 0.3 is 0 Å². The van der Waals surface area contributed by atoms with E-state index in [0.717, 1.165) is 59.4 Å². The first-order valence-corrected chi connectivity index (χ1v) is 16.2. The van der Waals surface area contributed by atoms with Gasteiger partial charge in [-0.25, -0.2) is 4.98 Å². The quantitative estimate of drug-likeness (QED) is 0.251. The van der Waals surface area contributed by atoms with Crippen LogP contribution in [0.25, 0.3) is 11.0 Å². The number of ether oxygens (including phenoxy) is 1. The summed E-state index contributed by atoms with van der Waals surface area (Å²) in [4.78, 5) is 33.2. The first kappa shape index (κ1) is 34.1. The second-order valence-corrected chi connectivity index (χ2v) is 14.2. The number of rotatable bonds is 10. The zero-order valence-corrected chi connectivity index (χ0v) is 28.8. The zero-order valence-electron chi connectivity index (χ0n) is 27.3. The number of carbonyl (C=O) groups excluding carboxylic acids is 2. The molecule has 8 nitrogen and oxygen atoms in total. The van der Waals surface area contributed by atoms with Crippen molar-refractivity contribution in [1.82, 2.24) is 20.2 Å². The van der Waals surface area contributed by atoms with Crippen molar-refractivity contribution in [3.63, 3.8) is 0 Å². The monoisotopic (exact) mass is 643 g/mol. The molecule has 4 rings (SSSR count). The Kier molecular flexibility index (Phi) is 10.9. The van der Waals surface area contributed by atoms with Crippen LogP contribution in [0.4, 0.5) is 5.69 Å². The number of halogens is 2. The molecule has 2 N–H and O–H groups in total. The fourth-order valence-corrected chi connectivity index (χ4v) is 6.27. The van der Waals surface area contributed by atoms with Crippen molar-refractivity contribution in [2.24, 2.45) is 18.4 Å². The number of fused-ring (bicyclic) bond motifs is 1. The Labute approximate surface area is 271 Å².